The number of thiazole rings is 1. The number of rotatable bonds is 2. The average Bonchev–Trinajstić information content (AvgIpc) is 2.64. The van der Waals surface area contributed by atoms with E-state index in [1.807, 2.05) is 31.2 Å². The van der Waals surface area contributed by atoms with Gasteiger partial charge in [0.25, 0.3) is 0 Å². The van der Waals surface area contributed by atoms with Crippen LogP contribution in [0.5, 0.6) is 0 Å². The third-order valence-corrected chi connectivity index (χ3v) is 3.05. The number of hydrogen-bond acceptors (Lipinski definition) is 4. The summed E-state index contributed by atoms with van der Waals surface area (Å²) >= 11 is 1.31. The lowest BCUT2D eigenvalue weighted by atomic mass is 10.1. The molecule has 0 fully saturated rings. The van der Waals surface area contributed by atoms with Crippen LogP contribution in [-0.2, 0) is 0 Å². The highest BCUT2D eigenvalue weighted by atomic mass is 32.1. The summed E-state index contributed by atoms with van der Waals surface area (Å²) in [6, 6.07) is 7.78. The normalized spacial score (nSPS) is 12.7. The molecule has 0 aliphatic rings. The highest BCUT2D eigenvalue weighted by molar-refractivity contribution is 7.15. The van der Waals surface area contributed by atoms with Crippen molar-refractivity contribution in [3.63, 3.8) is 0 Å². The fraction of sp³-hybridized carbons (Fsp3) is 0.182. The zero-order valence-corrected chi connectivity index (χ0v) is 9.16. The summed E-state index contributed by atoms with van der Waals surface area (Å²) in [5.41, 5.74) is 7.52. The van der Waals surface area contributed by atoms with Crippen molar-refractivity contribution >= 4 is 16.5 Å². The van der Waals surface area contributed by atoms with Crippen molar-refractivity contribution in [3.8, 4) is 0 Å². The maximum Gasteiger partial charge on any atom is 0.180 e. The molecule has 0 radical (unpaired) electrons. The Morgan fingerprint density at radius 3 is 2.87 bits per heavy atom. The largest absolute Gasteiger partial charge is 0.383 e. The maximum atomic E-state index is 10.0. The number of benzene rings is 1. The first-order valence-electron chi connectivity index (χ1n) is 4.62. The van der Waals surface area contributed by atoms with Gasteiger partial charge < -0.3 is 10.8 Å². The Bertz CT molecular complexity index is 467. The second kappa shape index (κ2) is 4.00. The van der Waals surface area contributed by atoms with E-state index in [-0.39, 0.29) is 0 Å². The van der Waals surface area contributed by atoms with Gasteiger partial charge in [0.15, 0.2) is 5.13 Å². The van der Waals surface area contributed by atoms with Crippen LogP contribution in [0.4, 0.5) is 5.13 Å². The third kappa shape index (κ3) is 2.16. The van der Waals surface area contributed by atoms with Gasteiger partial charge in [-0.3, -0.25) is 0 Å². The number of aryl methyl sites for hydroxylation is 1. The van der Waals surface area contributed by atoms with Gasteiger partial charge in [-0.05, 0) is 12.5 Å². The Labute approximate surface area is 92.2 Å². The fourth-order valence-corrected chi connectivity index (χ4v) is 2.13. The molecule has 78 valence electrons. The van der Waals surface area contributed by atoms with Crippen molar-refractivity contribution in [2.45, 2.75) is 13.0 Å². The van der Waals surface area contributed by atoms with Crippen molar-refractivity contribution in [2.75, 3.05) is 5.73 Å². The summed E-state index contributed by atoms with van der Waals surface area (Å²) in [4.78, 5) is 4.70. The molecule has 1 unspecified atom stereocenters. The smallest absolute Gasteiger partial charge is 0.180 e. The Hall–Kier alpha value is -1.39. The van der Waals surface area contributed by atoms with Gasteiger partial charge >= 0.3 is 0 Å². The number of aliphatic hydroxyl groups is 1. The maximum absolute atomic E-state index is 10.0. The lowest BCUT2D eigenvalue weighted by molar-refractivity contribution is 0.224. The molecule has 0 amide bonds. The second-order valence-corrected chi connectivity index (χ2v) is 4.51. The molecule has 1 atom stereocenters. The molecule has 0 bridgehead atoms. The number of hydrogen-bond donors (Lipinski definition) is 2. The van der Waals surface area contributed by atoms with Crippen LogP contribution >= 0.6 is 11.3 Å². The van der Waals surface area contributed by atoms with Gasteiger partial charge in [0, 0.05) is 6.20 Å². The summed E-state index contributed by atoms with van der Waals surface area (Å²) in [5.74, 6) is 0. The second-order valence-electron chi connectivity index (χ2n) is 3.42. The molecule has 0 saturated carbocycles. The standard InChI is InChI=1S/C11H12N2OS/c1-7-3-2-4-8(5-7)10(14)9-6-13-11(12)15-9/h2-6,10,14H,1H3,(H2,12,13). The fourth-order valence-electron chi connectivity index (χ4n) is 1.43. The minimum atomic E-state index is -0.625. The molecular weight excluding hydrogens is 208 g/mol. The third-order valence-electron chi connectivity index (χ3n) is 2.17. The van der Waals surface area contributed by atoms with Crippen LogP contribution in [0.2, 0.25) is 0 Å². The molecule has 0 aliphatic carbocycles. The molecule has 15 heavy (non-hydrogen) atoms. The lowest BCUT2D eigenvalue weighted by Gasteiger charge is -2.08. The summed E-state index contributed by atoms with van der Waals surface area (Å²) in [6.07, 6.45) is 0.993. The molecule has 1 aromatic heterocycles. The molecule has 0 spiro atoms. The summed E-state index contributed by atoms with van der Waals surface area (Å²) in [5, 5.41) is 10.5. The van der Waals surface area contributed by atoms with Crippen LogP contribution in [0.1, 0.15) is 22.1 Å². The molecule has 2 aromatic rings. The van der Waals surface area contributed by atoms with Crippen molar-refractivity contribution in [1.82, 2.24) is 4.98 Å². The number of nitrogens with two attached hydrogens (primary N) is 1. The van der Waals surface area contributed by atoms with Crippen LogP contribution in [0, 0.1) is 6.92 Å². The Morgan fingerprint density at radius 2 is 2.27 bits per heavy atom. The first kappa shape index (κ1) is 10.1. The van der Waals surface area contributed by atoms with Crippen molar-refractivity contribution in [1.29, 1.82) is 0 Å². The Morgan fingerprint density at radius 1 is 1.47 bits per heavy atom. The average molecular weight is 220 g/mol. The molecule has 4 heteroatoms. The van der Waals surface area contributed by atoms with E-state index in [1.165, 1.54) is 11.3 Å². The van der Waals surface area contributed by atoms with E-state index >= 15 is 0 Å². The van der Waals surface area contributed by atoms with Gasteiger partial charge in [0.05, 0.1) is 4.88 Å². The van der Waals surface area contributed by atoms with E-state index in [9.17, 15) is 5.11 Å². The van der Waals surface area contributed by atoms with Crippen LogP contribution in [0.15, 0.2) is 30.5 Å². The van der Waals surface area contributed by atoms with Gasteiger partial charge in [0.2, 0.25) is 0 Å². The Balaban J connectivity index is 2.32. The zero-order valence-electron chi connectivity index (χ0n) is 8.34. The molecule has 3 N–H and O–H groups in total. The molecule has 0 saturated heterocycles. The van der Waals surface area contributed by atoms with E-state index in [1.54, 1.807) is 6.20 Å². The van der Waals surface area contributed by atoms with Crippen LogP contribution in [0.3, 0.4) is 0 Å². The number of anilines is 1. The summed E-state index contributed by atoms with van der Waals surface area (Å²) in [6.45, 7) is 2.00. The predicted octanol–water partition coefficient (Wildman–Crippen LogP) is 2.12. The molecule has 1 aromatic carbocycles. The highest BCUT2D eigenvalue weighted by Gasteiger charge is 2.12. The zero-order chi connectivity index (χ0) is 10.8. The Kier molecular flexibility index (Phi) is 2.70. The highest BCUT2D eigenvalue weighted by Crippen LogP contribution is 2.27. The molecule has 3 nitrogen and oxygen atoms in total. The minimum Gasteiger partial charge on any atom is -0.383 e. The van der Waals surface area contributed by atoms with E-state index in [0.29, 0.717) is 5.13 Å². The first-order chi connectivity index (χ1) is 7.16. The van der Waals surface area contributed by atoms with Gasteiger partial charge in [-0.25, -0.2) is 4.98 Å². The van der Waals surface area contributed by atoms with Crippen LogP contribution < -0.4 is 5.73 Å². The van der Waals surface area contributed by atoms with E-state index in [2.05, 4.69) is 4.98 Å². The summed E-state index contributed by atoms with van der Waals surface area (Å²) in [7, 11) is 0. The topological polar surface area (TPSA) is 59.1 Å². The van der Waals surface area contributed by atoms with Gasteiger partial charge in [-0.2, -0.15) is 0 Å². The SMILES string of the molecule is Cc1cccc(C(O)c2cnc(N)s2)c1. The number of aromatic nitrogens is 1. The minimum absolute atomic E-state index is 0.483. The summed E-state index contributed by atoms with van der Waals surface area (Å²) < 4.78 is 0. The molecule has 2 rings (SSSR count). The van der Waals surface area contributed by atoms with E-state index < -0.39 is 6.10 Å². The lowest BCUT2D eigenvalue weighted by Crippen LogP contribution is -1.96. The van der Waals surface area contributed by atoms with E-state index in [4.69, 9.17) is 5.73 Å². The van der Waals surface area contributed by atoms with Gasteiger partial charge in [0.1, 0.15) is 6.10 Å². The van der Waals surface area contributed by atoms with Gasteiger partial charge in [-0.1, -0.05) is 41.2 Å². The van der Waals surface area contributed by atoms with Gasteiger partial charge in [-0.15, -0.1) is 0 Å². The first-order valence-corrected chi connectivity index (χ1v) is 5.44. The number of nitrogens with zero attached hydrogens (tertiary/aromatic N) is 1. The van der Waals surface area contributed by atoms with Crippen molar-refractivity contribution < 1.29 is 5.11 Å². The van der Waals surface area contributed by atoms with Crippen LogP contribution in [0.25, 0.3) is 0 Å². The monoisotopic (exact) mass is 220 g/mol. The predicted molar refractivity (Wildman–Crippen MR) is 61.8 cm³/mol. The number of nitrogen functional groups attached to an aromatic ring is 1. The van der Waals surface area contributed by atoms with Crippen LogP contribution in [-0.4, -0.2) is 10.1 Å². The molecular formula is C11H12N2OS. The molecule has 0 aliphatic heterocycles. The molecule has 1 heterocycles. The number of aliphatic hydroxyl groups excluding tert-OH is 1. The van der Waals surface area contributed by atoms with E-state index in [0.717, 1.165) is 16.0 Å². The quantitative estimate of drug-likeness (QED) is 0.815. The van der Waals surface area contributed by atoms with Crippen molar-refractivity contribution in [3.05, 3.63) is 46.5 Å². The van der Waals surface area contributed by atoms with Crippen molar-refractivity contribution in [2.24, 2.45) is 0 Å².